The molecule has 2 aromatic carbocycles. The van der Waals surface area contributed by atoms with Crippen LogP contribution in [0.4, 0.5) is 11.4 Å². The number of nitrogens with zero attached hydrogens (tertiary/aromatic N) is 2. The molecule has 0 unspecified atom stereocenters. The molecule has 0 radical (unpaired) electrons. The number of pyridine rings is 1. The smallest absolute Gasteiger partial charge is 0.250 e. The third kappa shape index (κ3) is 5.58. The van der Waals surface area contributed by atoms with Gasteiger partial charge in [0.05, 0.1) is 29.6 Å². The molecule has 2 atom stereocenters. The second kappa shape index (κ2) is 11.6. The van der Waals surface area contributed by atoms with E-state index in [4.69, 9.17) is 49.3 Å². The molecule has 0 saturated carbocycles. The quantitative estimate of drug-likeness (QED) is 0.230. The number of benzene rings is 2. The Morgan fingerprint density at radius 2 is 1.97 bits per heavy atom. The van der Waals surface area contributed by atoms with Gasteiger partial charge in [-0.25, -0.2) is 0 Å². The number of hydrogen-bond acceptors (Lipinski definition) is 6. The zero-order valence-corrected chi connectivity index (χ0v) is 23.3. The minimum atomic E-state index is -0.414. The lowest BCUT2D eigenvalue weighted by Gasteiger charge is -2.27. The highest BCUT2D eigenvalue weighted by atomic mass is 35.5. The molecule has 1 aliphatic heterocycles. The van der Waals surface area contributed by atoms with Crippen molar-refractivity contribution in [3.05, 3.63) is 94.4 Å². The maximum absolute atomic E-state index is 12.3. The van der Waals surface area contributed by atoms with Gasteiger partial charge in [0.15, 0.2) is 5.11 Å². The summed E-state index contributed by atoms with van der Waals surface area (Å²) >= 11 is 18.4. The summed E-state index contributed by atoms with van der Waals surface area (Å²) in [5, 5.41) is 7.72. The first-order valence-corrected chi connectivity index (χ1v) is 13.1. The summed E-state index contributed by atoms with van der Waals surface area (Å²) in [7, 11) is 2.99. The summed E-state index contributed by atoms with van der Waals surface area (Å²) in [6.45, 7) is -0.0934. The first-order chi connectivity index (χ1) is 18.9. The van der Waals surface area contributed by atoms with Crippen molar-refractivity contribution >= 4 is 57.8 Å². The maximum atomic E-state index is 12.3. The molecule has 3 heterocycles. The van der Waals surface area contributed by atoms with Gasteiger partial charge < -0.3 is 29.4 Å². The first kappa shape index (κ1) is 27.0. The highest BCUT2D eigenvalue weighted by Crippen LogP contribution is 2.45. The molecular weight excluding hydrogens is 559 g/mol. The van der Waals surface area contributed by atoms with E-state index in [0.717, 1.165) is 11.3 Å². The van der Waals surface area contributed by atoms with E-state index in [9.17, 15) is 4.79 Å². The van der Waals surface area contributed by atoms with Crippen molar-refractivity contribution in [3.8, 4) is 17.1 Å². The van der Waals surface area contributed by atoms with Crippen LogP contribution in [0.1, 0.15) is 23.5 Å². The van der Waals surface area contributed by atoms with Gasteiger partial charge in [-0.15, -0.1) is 0 Å². The number of furan rings is 1. The van der Waals surface area contributed by atoms with E-state index in [2.05, 4.69) is 15.6 Å². The fraction of sp³-hybridized carbons (Fsp3) is 0.179. The third-order valence-corrected chi connectivity index (χ3v) is 7.09. The fourth-order valence-corrected chi connectivity index (χ4v) is 5.38. The average Bonchev–Trinajstić information content (AvgIpc) is 3.54. The molecule has 0 bridgehead atoms. The molecule has 1 saturated heterocycles. The molecule has 0 aliphatic carbocycles. The predicted molar refractivity (Wildman–Crippen MR) is 156 cm³/mol. The van der Waals surface area contributed by atoms with Gasteiger partial charge in [0.2, 0.25) is 5.91 Å². The van der Waals surface area contributed by atoms with Crippen LogP contribution < -0.4 is 20.3 Å². The molecule has 2 N–H and O–H groups in total. The molecule has 200 valence electrons. The number of aromatic nitrogens is 1. The molecular formula is C28H24Cl2N4O4S. The highest BCUT2D eigenvalue weighted by molar-refractivity contribution is 7.80. The number of thiocarbonyl (C=S) groups is 1. The van der Waals surface area contributed by atoms with E-state index in [-0.39, 0.29) is 18.6 Å². The van der Waals surface area contributed by atoms with Crippen LogP contribution in [0.5, 0.6) is 5.75 Å². The van der Waals surface area contributed by atoms with Gasteiger partial charge in [-0.05, 0) is 72.9 Å². The molecule has 4 aromatic rings. The Morgan fingerprint density at radius 1 is 1.13 bits per heavy atom. The van der Waals surface area contributed by atoms with Gasteiger partial charge in [-0.2, -0.15) is 0 Å². The second-order valence-electron chi connectivity index (χ2n) is 8.69. The van der Waals surface area contributed by atoms with Crippen LogP contribution in [0, 0.1) is 0 Å². The lowest BCUT2D eigenvalue weighted by Crippen LogP contribution is -2.29. The average molecular weight is 583 g/mol. The van der Waals surface area contributed by atoms with E-state index in [1.54, 1.807) is 30.5 Å². The van der Waals surface area contributed by atoms with Crippen LogP contribution in [0.25, 0.3) is 11.3 Å². The summed E-state index contributed by atoms with van der Waals surface area (Å²) in [5.41, 5.74) is 2.70. The number of methoxy groups -OCH3 is 2. The fourth-order valence-electron chi connectivity index (χ4n) is 4.53. The van der Waals surface area contributed by atoms with Gasteiger partial charge in [-0.3, -0.25) is 9.78 Å². The Bertz CT molecular complexity index is 1510. The summed E-state index contributed by atoms with van der Waals surface area (Å²) in [5.74, 6) is 1.41. The van der Waals surface area contributed by atoms with E-state index in [0.29, 0.717) is 43.8 Å². The Balaban J connectivity index is 1.59. The number of carbonyl (C=O) groups excluding carboxylic acids is 1. The topological polar surface area (TPSA) is 88.9 Å². The molecule has 2 aromatic heterocycles. The van der Waals surface area contributed by atoms with E-state index in [1.165, 1.54) is 14.2 Å². The molecule has 11 heteroatoms. The number of amides is 1. The molecule has 39 heavy (non-hydrogen) atoms. The normalized spacial score (nSPS) is 16.7. The van der Waals surface area contributed by atoms with Crippen LogP contribution in [0.2, 0.25) is 10.0 Å². The summed E-state index contributed by atoms with van der Waals surface area (Å²) < 4.78 is 16.8. The van der Waals surface area contributed by atoms with Crippen molar-refractivity contribution in [1.82, 2.24) is 10.3 Å². The number of carbonyl (C=O) groups is 1. The molecule has 0 spiro atoms. The van der Waals surface area contributed by atoms with Crippen LogP contribution in [0.15, 0.2) is 77.3 Å². The van der Waals surface area contributed by atoms with Gasteiger partial charge >= 0.3 is 0 Å². The molecule has 1 amide bonds. The number of halogens is 2. The first-order valence-electron chi connectivity index (χ1n) is 11.9. The van der Waals surface area contributed by atoms with Crippen molar-refractivity contribution in [2.75, 3.05) is 31.0 Å². The Hall–Kier alpha value is -3.63. The minimum Gasteiger partial charge on any atom is -0.495 e. The Kier molecular flexibility index (Phi) is 8.04. The number of hydrogen-bond donors (Lipinski definition) is 2. The highest BCUT2D eigenvalue weighted by Gasteiger charge is 2.43. The van der Waals surface area contributed by atoms with E-state index in [1.807, 2.05) is 47.4 Å². The van der Waals surface area contributed by atoms with Crippen LogP contribution in [-0.2, 0) is 9.53 Å². The molecule has 8 nitrogen and oxygen atoms in total. The number of ether oxygens (including phenoxy) is 2. The van der Waals surface area contributed by atoms with Crippen LogP contribution in [0.3, 0.4) is 0 Å². The predicted octanol–water partition coefficient (Wildman–Crippen LogP) is 6.42. The zero-order chi connectivity index (χ0) is 27.5. The van der Waals surface area contributed by atoms with Crippen molar-refractivity contribution in [3.63, 3.8) is 0 Å². The van der Waals surface area contributed by atoms with E-state index >= 15 is 0 Å². The molecule has 1 aliphatic rings. The molecule has 1 fully saturated rings. The number of anilines is 2. The summed E-state index contributed by atoms with van der Waals surface area (Å²) in [4.78, 5) is 18.8. The van der Waals surface area contributed by atoms with Crippen molar-refractivity contribution < 1.29 is 18.7 Å². The van der Waals surface area contributed by atoms with Gasteiger partial charge in [0, 0.05) is 29.6 Å². The minimum absolute atomic E-state index is 0.0934. The van der Waals surface area contributed by atoms with Crippen molar-refractivity contribution in [2.45, 2.75) is 12.1 Å². The second-order valence-corrected chi connectivity index (χ2v) is 9.92. The van der Waals surface area contributed by atoms with Gasteiger partial charge in [0.25, 0.3) is 0 Å². The maximum Gasteiger partial charge on any atom is 0.250 e. The molecule has 5 rings (SSSR count). The Morgan fingerprint density at radius 3 is 2.69 bits per heavy atom. The lowest BCUT2D eigenvalue weighted by molar-refractivity contribution is -0.119. The SMILES string of the molecule is COCC(=O)Nc1cc(N2C(=S)N[C@@H](c3ccccn3)[C@H]2c2ccc(-c3ccc(Cl)cc3Cl)o2)ccc1OC. The lowest BCUT2D eigenvalue weighted by atomic mass is 10.0. The number of nitrogens with one attached hydrogen (secondary N) is 2. The van der Waals surface area contributed by atoms with E-state index < -0.39 is 6.04 Å². The van der Waals surface area contributed by atoms with Crippen molar-refractivity contribution in [2.24, 2.45) is 0 Å². The van der Waals surface area contributed by atoms with Crippen molar-refractivity contribution in [1.29, 1.82) is 0 Å². The largest absolute Gasteiger partial charge is 0.495 e. The van der Waals surface area contributed by atoms with Gasteiger partial charge in [-0.1, -0.05) is 29.3 Å². The number of rotatable bonds is 8. The monoisotopic (exact) mass is 582 g/mol. The standard InChI is InChI=1S/C28H24Cl2N4O4S/c1-36-15-25(35)32-21-14-17(7-9-23(21)37-2)34-27(26(33-28(34)39)20-5-3-4-12-31-20)24-11-10-22(38-24)18-8-6-16(29)13-19(18)30/h3-14,26-27H,15H2,1-2H3,(H,32,35)(H,33,39)/t26-,27+/m0/s1. The third-order valence-electron chi connectivity index (χ3n) is 6.22. The summed E-state index contributed by atoms with van der Waals surface area (Å²) in [6.07, 6.45) is 1.73. The summed E-state index contributed by atoms with van der Waals surface area (Å²) in [6, 6.07) is 19.4. The van der Waals surface area contributed by atoms with Crippen LogP contribution >= 0.6 is 35.4 Å². The zero-order valence-electron chi connectivity index (χ0n) is 21.0. The van der Waals surface area contributed by atoms with Gasteiger partial charge in [0.1, 0.15) is 29.9 Å². The Labute approximate surface area is 240 Å². The van der Waals surface area contributed by atoms with Crippen LogP contribution in [-0.4, -0.2) is 36.8 Å².